The molecule has 0 spiro atoms. The second-order valence-corrected chi connectivity index (χ2v) is 5.57. The van der Waals surface area contributed by atoms with E-state index in [-0.39, 0.29) is 6.04 Å². The molecule has 106 valence electrons. The van der Waals surface area contributed by atoms with Gasteiger partial charge >= 0.3 is 0 Å². The van der Waals surface area contributed by atoms with Crippen LogP contribution in [0.5, 0.6) is 11.5 Å². The molecule has 0 saturated heterocycles. The van der Waals surface area contributed by atoms with E-state index in [4.69, 9.17) is 45.3 Å². The van der Waals surface area contributed by atoms with E-state index in [9.17, 15) is 0 Å². The lowest BCUT2D eigenvalue weighted by Crippen LogP contribution is -2.09. The fraction of sp³-hybridized carbons (Fsp3) is 0.200. The van der Waals surface area contributed by atoms with Gasteiger partial charge in [0, 0.05) is 17.7 Å². The Morgan fingerprint density at radius 2 is 1.65 bits per heavy atom. The maximum Gasteiger partial charge on any atom is 0.147 e. The van der Waals surface area contributed by atoms with Crippen molar-refractivity contribution in [2.24, 2.45) is 5.73 Å². The van der Waals surface area contributed by atoms with Gasteiger partial charge in [0.15, 0.2) is 0 Å². The van der Waals surface area contributed by atoms with E-state index in [2.05, 4.69) is 0 Å². The Labute approximate surface area is 133 Å². The van der Waals surface area contributed by atoms with E-state index in [0.29, 0.717) is 26.6 Å². The van der Waals surface area contributed by atoms with E-state index >= 15 is 0 Å². The average molecular weight is 331 g/mol. The van der Waals surface area contributed by atoms with Gasteiger partial charge in [-0.15, -0.1) is 0 Å². The predicted molar refractivity (Wildman–Crippen MR) is 85.2 cm³/mol. The highest BCUT2D eigenvalue weighted by atomic mass is 35.5. The molecule has 0 saturated carbocycles. The van der Waals surface area contributed by atoms with Crippen LogP contribution in [0.2, 0.25) is 15.1 Å². The minimum Gasteiger partial charge on any atom is -0.455 e. The van der Waals surface area contributed by atoms with Gasteiger partial charge in [-0.05, 0) is 18.6 Å². The Balaban J connectivity index is 2.38. The van der Waals surface area contributed by atoms with Crippen molar-refractivity contribution in [3.8, 4) is 11.5 Å². The summed E-state index contributed by atoms with van der Waals surface area (Å²) in [5, 5.41) is 1.19. The van der Waals surface area contributed by atoms with Crippen LogP contribution < -0.4 is 10.5 Å². The number of para-hydroxylation sites is 1. The van der Waals surface area contributed by atoms with Gasteiger partial charge in [0.1, 0.15) is 11.5 Å². The predicted octanol–water partition coefficient (Wildman–Crippen LogP) is 5.85. The van der Waals surface area contributed by atoms with E-state index in [0.717, 1.165) is 12.0 Å². The largest absolute Gasteiger partial charge is 0.455 e. The van der Waals surface area contributed by atoms with Crippen LogP contribution in [0.1, 0.15) is 24.9 Å². The lowest BCUT2D eigenvalue weighted by atomic mass is 10.0. The molecule has 0 unspecified atom stereocenters. The highest BCUT2D eigenvalue weighted by molar-refractivity contribution is 6.43. The Hall–Kier alpha value is -0.930. The van der Waals surface area contributed by atoms with Gasteiger partial charge in [-0.2, -0.15) is 0 Å². The van der Waals surface area contributed by atoms with E-state index < -0.39 is 0 Å². The van der Waals surface area contributed by atoms with Gasteiger partial charge < -0.3 is 10.5 Å². The molecule has 0 aromatic heterocycles. The van der Waals surface area contributed by atoms with Crippen molar-refractivity contribution < 1.29 is 4.74 Å². The summed E-state index contributed by atoms with van der Waals surface area (Å²) in [4.78, 5) is 0. The van der Waals surface area contributed by atoms with Gasteiger partial charge in [-0.3, -0.25) is 0 Å². The van der Waals surface area contributed by atoms with Gasteiger partial charge in [0.25, 0.3) is 0 Å². The molecule has 2 aromatic rings. The van der Waals surface area contributed by atoms with Crippen molar-refractivity contribution in [3.05, 3.63) is 57.0 Å². The van der Waals surface area contributed by atoms with Crippen LogP contribution in [0.15, 0.2) is 36.4 Å². The van der Waals surface area contributed by atoms with Crippen molar-refractivity contribution in [1.29, 1.82) is 0 Å². The standard InChI is InChI=1S/C15H14Cl3NO/c1-2-13(19)9-5-3-4-6-14(9)20-15-8-11(17)10(16)7-12(15)18/h3-8,13H,2,19H2,1H3/t13-/m0/s1. The zero-order valence-electron chi connectivity index (χ0n) is 10.9. The number of rotatable bonds is 4. The quantitative estimate of drug-likeness (QED) is 0.714. The molecule has 0 aliphatic heterocycles. The first-order chi connectivity index (χ1) is 9.52. The van der Waals surface area contributed by atoms with E-state index in [1.807, 2.05) is 31.2 Å². The summed E-state index contributed by atoms with van der Waals surface area (Å²) in [6.07, 6.45) is 0.815. The minimum atomic E-state index is -0.0900. The molecule has 2 rings (SSSR count). The lowest BCUT2D eigenvalue weighted by molar-refractivity contribution is 0.469. The third kappa shape index (κ3) is 3.39. The number of benzene rings is 2. The van der Waals surface area contributed by atoms with E-state index in [1.54, 1.807) is 12.1 Å². The molecular formula is C15H14Cl3NO. The van der Waals surface area contributed by atoms with Gasteiger partial charge in [0.05, 0.1) is 15.1 Å². The SMILES string of the molecule is CC[C@H](N)c1ccccc1Oc1cc(Cl)c(Cl)cc1Cl. The first-order valence-corrected chi connectivity index (χ1v) is 7.33. The highest BCUT2D eigenvalue weighted by Gasteiger charge is 2.13. The van der Waals surface area contributed by atoms with Crippen molar-refractivity contribution in [1.82, 2.24) is 0 Å². The summed E-state index contributed by atoms with van der Waals surface area (Å²) in [6, 6.07) is 10.7. The number of halogens is 3. The Bertz CT molecular complexity index is 616. The third-order valence-corrected chi connectivity index (χ3v) is 3.97. The molecule has 0 amide bonds. The molecule has 2 aromatic carbocycles. The molecule has 5 heteroatoms. The summed E-state index contributed by atoms with van der Waals surface area (Å²) in [5.41, 5.74) is 7.01. The van der Waals surface area contributed by atoms with Crippen LogP contribution in [-0.2, 0) is 0 Å². The van der Waals surface area contributed by atoms with Gasteiger partial charge in [-0.25, -0.2) is 0 Å². The molecule has 20 heavy (non-hydrogen) atoms. The summed E-state index contributed by atoms with van der Waals surface area (Å²) >= 11 is 18.0. The summed E-state index contributed by atoms with van der Waals surface area (Å²) < 4.78 is 5.84. The van der Waals surface area contributed by atoms with Crippen LogP contribution in [0.3, 0.4) is 0 Å². The molecule has 0 radical (unpaired) electrons. The van der Waals surface area contributed by atoms with Crippen LogP contribution in [0.4, 0.5) is 0 Å². The van der Waals surface area contributed by atoms with E-state index in [1.165, 1.54) is 0 Å². The molecule has 2 N–H and O–H groups in total. The van der Waals surface area contributed by atoms with Crippen molar-refractivity contribution in [2.45, 2.75) is 19.4 Å². The maximum absolute atomic E-state index is 6.12. The van der Waals surface area contributed by atoms with Crippen molar-refractivity contribution in [3.63, 3.8) is 0 Å². The molecule has 0 heterocycles. The Morgan fingerprint density at radius 3 is 2.35 bits per heavy atom. The zero-order chi connectivity index (χ0) is 14.7. The topological polar surface area (TPSA) is 35.2 Å². The van der Waals surface area contributed by atoms with Crippen LogP contribution in [0.25, 0.3) is 0 Å². The molecule has 2 nitrogen and oxygen atoms in total. The summed E-state index contributed by atoms with van der Waals surface area (Å²) in [6.45, 7) is 2.02. The molecule has 0 aliphatic carbocycles. The third-order valence-electron chi connectivity index (χ3n) is 2.95. The van der Waals surface area contributed by atoms with Crippen LogP contribution in [0, 0.1) is 0 Å². The zero-order valence-corrected chi connectivity index (χ0v) is 13.1. The van der Waals surface area contributed by atoms with Crippen molar-refractivity contribution >= 4 is 34.8 Å². The highest BCUT2D eigenvalue weighted by Crippen LogP contribution is 2.38. The summed E-state index contributed by atoms with van der Waals surface area (Å²) in [5.74, 6) is 1.12. The Kier molecular flexibility index (Phi) is 5.17. The second kappa shape index (κ2) is 6.68. The van der Waals surface area contributed by atoms with Crippen molar-refractivity contribution in [2.75, 3.05) is 0 Å². The Morgan fingerprint density at radius 1 is 1.00 bits per heavy atom. The second-order valence-electron chi connectivity index (χ2n) is 4.35. The van der Waals surface area contributed by atoms with Gasteiger partial charge in [0.2, 0.25) is 0 Å². The lowest BCUT2D eigenvalue weighted by Gasteiger charge is -2.16. The van der Waals surface area contributed by atoms with Crippen LogP contribution in [-0.4, -0.2) is 0 Å². The molecular weight excluding hydrogens is 317 g/mol. The van der Waals surface area contributed by atoms with Crippen LogP contribution >= 0.6 is 34.8 Å². The smallest absolute Gasteiger partial charge is 0.147 e. The first-order valence-electron chi connectivity index (χ1n) is 6.19. The number of hydrogen-bond donors (Lipinski definition) is 1. The molecule has 0 fully saturated rings. The first kappa shape index (κ1) is 15.5. The average Bonchev–Trinajstić information content (AvgIpc) is 2.44. The maximum atomic E-state index is 6.12. The minimum absolute atomic E-state index is 0.0900. The fourth-order valence-electron chi connectivity index (χ4n) is 1.80. The molecule has 0 bridgehead atoms. The van der Waals surface area contributed by atoms with Gasteiger partial charge in [-0.1, -0.05) is 59.9 Å². The summed E-state index contributed by atoms with van der Waals surface area (Å²) in [7, 11) is 0. The number of hydrogen-bond acceptors (Lipinski definition) is 2. The normalized spacial score (nSPS) is 12.2. The number of nitrogens with two attached hydrogens (primary N) is 1. The molecule has 0 aliphatic rings. The number of ether oxygens (including phenoxy) is 1. The fourth-order valence-corrected chi connectivity index (χ4v) is 2.38. The monoisotopic (exact) mass is 329 g/mol. The molecule has 1 atom stereocenters.